The smallest absolute Gasteiger partial charge is 0.250 e. The van der Waals surface area contributed by atoms with Crippen molar-refractivity contribution in [2.45, 2.75) is 18.2 Å². The molecule has 0 fully saturated rings. The minimum atomic E-state index is -3.58. The highest BCUT2D eigenvalue weighted by atomic mass is 35.5. The van der Waals surface area contributed by atoms with Crippen LogP contribution in [-0.2, 0) is 21.2 Å². The van der Waals surface area contributed by atoms with Gasteiger partial charge >= 0.3 is 0 Å². The molecule has 0 spiro atoms. The number of carbonyl (C=O) groups excluding carboxylic acids is 1. The van der Waals surface area contributed by atoms with Gasteiger partial charge in [-0.15, -0.1) is 10.2 Å². The fourth-order valence-electron chi connectivity index (χ4n) is 2.39. The summed E-state index contributed by atoms with van der Waals surface area (Å²) >= 11 is 7.02. The van der Waals surface area contributed by atoms with Crippen LogP contribution in [0.25, 0.3) is 6.08 Å². The van der Waals surface area contributed by atoms with Crippen LogP contribution < -0.4 is 10.0 Å². The Labute approximate surface area is 183 Å². The van der Waals surface area contributed by atoms with E-state index in [1.807, 2.05) is 6.92 Å². The monoisotopic (exact) mass is 462 g/mol. The first-order valence-electron chi connectivity index (χ1n) is 8.95. The number of halogens is 1. The Hall–Kier alpha value is -2.59. The van der Waals surface area contributed by atoms with Gasteiger partial charge in [-0.25, -0.2) is 13.1 Å². The third-order valence-electron chi connectivity index (χ3n) is 3.96. The number of amides is 1. The maximum Gasteiger partial charge on any atom is 0.250 e. The molecule has 2 N–H and O–H groups in total. The second-order valence-corrected chi connectivity index (χ2v) is 9.60. The highest BCUT2D eigenvalue weighted by Crippen LogP contribution is 2.16. The van der Waals surface area contributed by atoms with Gasteiger partial charge in [-0.2, -0.15) is 0 Å². The van der Waals surface area contributed by atoms with E-state index in [4.69, 9.17) is 11.6 Å². The largest absolute Gasteiger partial charge is 0.297 e. The first-order chi connectivity index (χ1) is 14.3. The molecule has 30 heavy (non-hydrogen) atoms. The Bertz CT molecular complexity index is 1140. The highest BCUT2D eigenvalue weighted by Gasteiger charge is 2.14. The van der Waals surface area contributed by atoms with Gasteiger partial charge in [0.25, 0.3) is 0 Å². The van der Waals surface area contributed by atoms with Crippen LogP contribution in [0.1, 0.15) is 16.1 Å². The molecule has 0 radical (unpaired) electrons. The summed E-state index contributed by atoms with van der Waals surface area (Å²) in [6.07, 6.45) is 3.41. The summed E-state index contributed by atoms with van der Waals surface area (Å²) in [4.78, 5) is 12.2. The number of anilines is 1. The third kappa shape index (κ3) is 6.46. The van der Waals surface area contributed by atoms with Gasteiger partial charge in [-0.05, 0) is 42.8 Å². The number of nitrogens with one attached hydrogen (secondary N) is 2. The Kier molecular flexibility index (Phi) is 7.33. The summed E-state index contributed by atoms with van der Waals surface area (Å²) in [7, 11) is -3.58. The van der Waals surface area contributed by atoms with Crippen LogP contribution in [0.15, 0.2) is 59.5 Å². The second kappa shape index (κ2) is 9.94. The van der Waals surface area contributed by atoms with E-state index in [0.717, 1.165) is 11.1 Å². The number of aromatic nitrogens is 2. The average Bonchev–Trinajstić information content (AvgIpc) is 3.15. The summed E-state index contributed by atoms with van der Waals surface area (Å²) in [6, 6.07) is 13.7. The van der Waals surface area contributed by atoms with Crippen LogP contribution in [0.2, 0.25) is 5.02 Å². The quantitative estimate of drug-likeness (QED) is 0.497. The van der Waals surface area contributed by atoms with E-state index in [0.29, 0.717) is 21.6 Å². The summed E-state index contributed by atoms with van der Waals surface area (Å²) in [5.74, 6) is -0.340. The molecule has 0 bridgehead atoms. The Morgan fingerprint density at radius 1 is 1.10 bits per heavy atom. The molecule has 0 aliphatic heterocycles. The van der Waals surface area contributed by atoms with E-state index >= 15 is 0 Å². The van der Waals surface area contributed by atoms with E-state index in [2.05, 4.69) is 20.2 Å². The van der Waals surface area contributed by atoms with E-state index in [-0.39, 0.29) is 17.3 Å². The minimum Gasteiger partial charge on any atom is -0.297 e. The van der Waals surface area contributed by atoms with Gasteiger partial charge in [0.05, 0.1) is 4.90 Å². The lowest BCUT2D eigenvalue weighted by molar-refractivity contribution is -0.111. The first-order valence-corrected chi connectivity index (χ1v) is 11.6. The lowest BCUT2D eigenvalue weighted by Crippen LogP contribution is -2.25. The fourth-order valence-corrected chi connectivity index (χ4v) is 4.29. The molecule has 3 rings (SSSR count). The van der Waals surface area contributed by atoms with E-state index < -0.39 is 10.0 Å². The van der Waals surface area contributed by atoms with Crippen LogP contribution in [-0.4, -0.2) is 31.1 Å². The van der Waals surface area contributed by atoms with E-state index in [1.165, 1.54) is 17.4 Å². The zero-order valence-electron chi connectivity index (χ0n) is 16.0. The van der Waals surface area contributed by atoms with Crippen molar-refractivity contribution in [2.24, 2.45) is 0 Å². The molecule has 0 atom stereocenters. The summed E-state index contributed by atoms with van der Waals surface area (Å²) in [6.45, 7) is 2.07. The van der Waals surface area contributed by atoms with Crippen LogP contribution >= 0.6 is 22.9 Å². The SMILES string of the molecule is Cc1ccc(S(=O)(=O)NCCc2nnc(NC(=O)/C=C/c3ccc(Cl)cc3)s2)cc1. The molecule has 10 heteroatoms. The first kappa shape index (κ1) is 22.1. The predicted molar refractivity (Wildman–Crippen MR) is 119 cm³/mol. The molecule has 7 nitrogen and oxygen atoms in total. The molecule has 0 saturated heterocycles. The van der Waals surface area contributed by atoms with Crippen LogP contribution in [0.5, 0.6) is 0 Å². The van der Waals surface area contributed by atoms with Gasteiger partial charge in [-0.1, -0.05) is 52.8 Å². The fraction of sp³-hybridized carbons (Fsp3) is 0.150. The second-order valence-electron chi connectivity index (χ2n) is 6.34. The molecule has 1 amide bonds. The predicted octanol–water partition coefficient (Wildman–Crippen LogP) is 3.67. The molecule has 2 aromatic carbocycles. The van der Waals surface area contributed by atoms with E-state index in [9.17, 15) is 13.2 Å². The summed E-state index contributed by atoms with van der Waals surface area (Å²) < 4.78 is 27.1. The van der Waals surface area contributed by atoms with Crippen molar-refractivity contribution in [2.75, 3.05) is 11.9 Å². The Balaban J connectivity index is 1.49. The topological polar surface area (TPSA) is 101 Å². The number of sulfonamides is 1. The molecule has 0 aliphatic carbocycles. The molecular weight excluding hydrogens is 444 g/mol. The molecular formula is C20H19ClN4O3S2. The molecule has 1 aromatic heterocycles. The summed E-state index contributed by atoms with van der Waals surface area (Å²) in [5, 5.41) is 12.1. The normalized spacial score (nSPS) is 11.7. The molecule has 1 heterocycles. The van der Waals surface area contributed by atoms with Crippen LogP contribution in [0.3, 0.4) is 0 Å². The minimum absolute atomic E-state index is 0.176. The Morgan fingerprint density at radius 3 is 2.50 bits per heavy atom. The van der Waals surface area contributed by atoms with Crippen LogP contribution in [0.4, 0.5) is 5.13 Å². The van der Waals surface area contributed by atoms with Crippen LogP contribution in [0, 0.1) is 6.92 Å². The highest BCUT2D eigenvalue weighted by molar-refractivity contribution is 7.89. The molecule has 0 unspecified atom stereocenters. The summed E-state index contributed by atoms with van der Waals surface area (Å²) in [5.41, 5.74) is 1.83. The van der Waals surface area contributed by atoms with Crippen molar-refractivity contribution < 1.29 is 13.2 Å². The lowest BCUT2D eigenvalue weighted by atomic mass is 10.2. The van der Waals surface area contributed by atoms with Crippen molar-refractivity contribution in [1.82, 2.24) is 14.9 Å². The standard InChI is InChI=1S/C20H19ClN4O3S2/c1-14-2-9-17(10-3-14)30(27,28)22-13-12-19-24-25-20(29-19)23-18(26)11-6-15-4-7-16(21)8-5-15/h2-11,22H,12-13H2,1H3,(H,23,25,26)/b11-6+. The lowest BCUT2D eigenvalue weighted by Gasteiger charge is -2.05. The molecule has 0 saturated carbocycles. The Morgan fingerprint density at radius 2 is 1.80 bits per heavy atom. The number of benzene rings is 2. The van der Waals surface area contributed by atoms with Crippen molar-refractivity contribution >= 4 is 50.1 Å². The number of hydrogen-bond acceptors (Lipinski definition) is 6. The molecule has 0 aliphatic rings. The number of nitrogens with zero attached hydrogens (tertiary/aromatic N) is 2. The van der Waals surface area contributed by atoms with Gasteiger partial charge in [0.2, 0.25) is 21.1 Å². The van der Waals surface area contributed by atoms with Gasteiger partial charge in [0, 0.05) is 24.1 Å². The zero-order valence-corrected chi connectivity index (χ0v) is 18.4. The maximum atomic E-state index is 12.3. The number of carbonyl (C=O) groups is 1. The van der Waals surface area contributed by atoms with Gasteiger partial charge in [0.15, 0.2) is 0 Å². The van der Waals surface area contributed by atoms with Gasteiger partial charge < -0.3 is 0 Å². The maximum absolute atomic E-state index is 12.3. The van der Waals surface area contributed by atoms with Crippen molar-refractivity contribution in [1.29, 1.82) is 0 Å². The number of hydrogen-bond donors (Lipinski definition) is 2. The van der Waals surface area contributed by atoms with Crippen molar-refractivity contribution in [3.8, 4) is 0 Å². The van der Waals surface area contributed by atoms with Crippen molar-refractivity contribution in [3.05, 3.63) is 75.8 Å². The van der Waals surface area contributed by atoms with E-state index in [1.54, 1.807) is 54.6 Å². The van der Waals surface area contributed by atoms with Gasteiger partial charge in [0.1, 0.15) is 5.01 Å². The number of rotatable bonds is 8. The molecule has 3 aromatic rings. The average molecular weight is 463 g/mol. The zero-order chi connectivity index (χ0) is 21.6. The number of aryl methyl sites for hydroxylation is 1. The third-order valence-corrected chi connectivity index (χ3v) is 6.58. The van der Waals surface area contributed by atoms with Crippen molar-refractivity contribution in [3.63, 3.8) is 0 Å². The molecule has 156 valence electrons. The van der Waals surface area contributed by atoms with Gasteiger partial charge in [-0.3, -0.25) is 10.1 Å².